The smallest absolute Gasteiger partial charge is 0.374 e. The van der Waals surface area contributed by atoms with Crippen molar-refractivity contribution < 1.29 is 25.8 Å². The van der Waals surface area contributed by atoms with Crippen LogP contribution in [0, 0.1) is 6.92 Å². The summed E-state index contributed by atoms with van der Waals surface area (Å²) in [4.78, 5) is 3.59. The van der Waals surface area contributed by atoms with Crippen molar-refractivity contribution in [3.63, 3.8) is 0 Å². The Labute approximate surface area is 83.8 Å². The molecule has 0 N–H and O–H groups in total. The average molecular weight is 241 g/mol. The minimum Gasteiger partial charge on any atom is -0.374 e. The normalized spacial score (nSPS) is 12.5. The van der Waals surface area contributed by atoms with Crippen LogP contribution in [-0.4, -0.2) is 18.9 Å². The zero-order chi connectivity index (χ0) is 11.7. The number of rotatable bonds is 2. The van der Waals surface area contributed by atoms with Crippen LogP contribution < -0.4 is 4.18 Å². The molecular formula is C7H6F3NO3S. The molecule has 0 aromatic carbocycles. The second-order valence-electron chi connectivity index (χ2n) is 2.57. The van der Waals surface area contributed by atoms with Gasteiger partial charge in [0.1, 0.15) is 0 Å². The monoisotopic (exact) mass is 241 g/mol. The molecule has 0 amide bonds. The largest absolute Gasteiger partial charge is 0.534 e. The number of pyridine rings is 1. The van der Waals surface area contributed by atoms with Gasteiger partial charge in [-0.05, 0) is 19.1 Å². The summed E-state index contributed by atoms with van der Waals surface area (Å²) in [6.45, 7) is 1.33. The molecule has 4 nitrogen and oxygen atoms in total. The maximum atomic E-state index is 11.9. The molecule has 0 atom stereocenters. The predicted molar refractivity (Wildman–Crippen MR) is 44.6 cm³/mol. The Bertz CT molecular complexity index is 455. The molecule has 0 aliphatic rings. The molecule has 0 saturated heterocycles. The summed E-state index contributed by atoms with van der Waals surface area (Å²) in [5, 5.41) is 0. The van der Waals surface area contributed by atoms with Gasteiger partial charge < -0.3 is 4.18 Å². The average Bonchev–Trinajstić information content (AvgIpc) is 2.06. The molecule has 1 aromatic heterocycles. The lowest BCUT2D eigenvalue weighted by molar-refractivity contribution is -0.0500. The zero-order valence-corrected chi connectivity index (χ0v) is 8.26. The molecule has 0 bridgehead atoms. The Balaban J connectivity index is 3.03. The van der Waals surface area contributed by atoms with Crippen molar-refractivity contribution in [2.75, 3.05) is 0 Å². The highest BCUT2D eigenvalue weighted by Gasteiger charge is 2.48. The van der Waals surface area contributed by atoms with Crippen LogP contribution in [-0.2, 0) is 10.1 Å². The maximum absolute atomic E-state index is 11.9. The lowest BCUT2D eigenvalue weighted by Crippen LogP contribution is -2.28. The highest BCUT2D eigenvalue weighted by molar-refractivity contribution is 7.88. The van der Waals surface area contributed by atoms with E-state index in [4.69, 9.17) is 0 Å². The first-order valence-corrected chi connectivity index (χ1v) is 5.07. The van der Waals surface area contributed by atoms with E-state index < -0.39 is 21.4 Å². The first-order valence-electron chi connectivity index (χ1n) is 3.66. The number of halogens is 3. The summed E-state index contributed by atoms with van der Waals surface area (Å²) in [7, 11) is -5.61. The molecule has 0 aliphatic heterocycles. The standard InChI is InChI=1S/C7H6F3NO3S/c1-5-6(3-2-4-11-5)14-15(12,13)7(8,9)10/h2-4H,1H3. The molecule has 1 heterocycles. The van der Waals surface area contributed by atoms with Crippen LogP contribution in [0.3, 0.4) is 0 Å². The SMILES string of the molecule is Cc1ncccc1OS(=O)(=O)C(F)(F)F. The first-order chi connectivity index (χ1) is 6.74. The van der Waals surface area contributed by atoms with Gasteiger partial charge in [-0.3, -0.25) is 4.98 Å². The van der Waals surface area contributed by atoms with Gasteiger partial charge in [0, 0.05) is 6.20 Å². The van der Waals surface area contributed by atoms with E-state index in [9.17, 15) is 21.6 Å². The summed E-state index contributed by atoms with van der Waals surface area (Å²) in [6, 6.07) is 2.36. The van der Waals surface area contributed by atoms with E-state index in [-0.39, 0.29) is 5.69 Å². The van der Waals surface area contributed by atoms with E-state index in [2.05, 4.69) is 9.17 Å². The molecule has 1 rings (SSSR count). The fourth-order valence-electron chi connectivity index (χ4n) is 0.723. The minimum absolute atomic E-state index is 0.0605. The fraction of sp³-hybridized carbons (Fsp3) is 0.286. The van der Waals surface area contributed by atoms with Gasteiger partial charge >= 0.3 is 15.6 Å². The molecule has 0 saturated carbocycles. The quantitative estimate of drug-likeness (QED) is 0.583. The molecule has 0 fully saturated rings. The Hall–Kier alpha value is -1.31. The van der Waals surface area contributed by atoms with E-state index in [1.807, 2.05) is 0 Å². The van der Waals surface area contributed by atoms with Gasteiger partial charge in [0.15, 0.2) is 5.75 Å². The number of aryl methyl sites for hydroxylation is 1. The fourth-order valence-corrected chi connectivity index (χ4v) is 1.23. The molecule has 84 valence electrons. The van der Waals surface area contributed by atoms with Gasteiger partial charge in [-0.25, -0.2) is 0 Å². The van der Waals surface area contributed by atoms with Crippen LogP contribution >= 0.6 is 0 Å². The Morgan fingerprint density at radius 3 is 2.47 bits per heavy atom. The zero-order valence-electron chi connectivity index (χ0n) is 7.45. The van der Waals surface area contributed by atoms with Gasteiger partial charge in [-0.1, -0.05) is 0 Å². The van der Waals surface area contributed by atoms with Crippen molar-refractivity contribution >= 4 is 10.1 Å². The van der Waals surface area contributed by atoms with Gasteiger partial charge in [0.25, 0.3) is 0 Å². The molecule has 15 heavy (non-hydrogen) atoms. The number of aromatic nitrogens is 1. The summed E-state index contributed by atoms with van der Waals surface area (Å²) < 4.78 is 60.8. The number of hydrogen-bond acceptors (Lipinski definition) is 4. The molecule has 0 unspecified atom stereocenters. The van der Waals surface area contributed by atoms with Crippen molar-refractivity contribution in [3.8, 4) is 5.75 Å². The third-order valence-electron chi connectivity index (χ3n) is 1.44. The molecular weight excluding hydrogens is 235 g/mol. The highest BCUT2D eigenvalue weighted by atomic mass is 32.2. The van der Waals surface area contributed by atoms with Crippen LogP contribution in [0.5, 0.6) is 5.75 Å². The van der Waals surface area contributed by atoms with Crippen LogP contribution in [0.1, 0.15) is 5.69 Å². The predicted octanol–water partition coefficient (Wildman–Crippen LogP) is 1.62. The topological polar surface area (TPSA) is 56.3 Å². The Kier molecular flexibility index (Phi) is 2.89. The van der Waals surface area contributed by atoms with Gasteiger partial charge in [0.2, 0.25) is 0 Å². The molecule has 0 radical (unpaired) electrons. The number of hydrogen-bond donors (Lipinski definition) is 0. The van der Waals surface area contributed by atoms with Crippen LogP contribution in [0.4, 0.5) is 13.2 Å². The maximum Gasteiger partial charge on any atom is 0.534 e. The third kappa shape index (κ3) is 2.58. The van der Waals surface area contributed by atoms with Gasteiger partial charge in [-0.15, -0.1) is 0 Å². The van der Waals surface area contributed by atoms with Crippen molar-refractivity contribution in [3.05, 3.63) is 24.0 Å². The lowest BCUT2D eigenvalue weighted by atomic mass is 10.3. The van der Waals surface area contributed by atoms with Crippen LogP contribution in [0.15, 0.2) is 18.3 Å². The second-order valence-corrected chi connectivity index (χ2v) is 4.11. The summed E-state index contributed by atoms with van der Waals surface area (Å²) in [5.74, 6) is -0.435. The summed E-state index contributed by atoms with van der Waals surface area (Å²) in [6.07, 6.45) is 1.31. The van der Waals surface area contributed by atoms with Crippen molar-refractivity contribution in [1.82, 2.24) is 4.98 Å². The summed E-state index contributed by atoms with van der Waals surface area (Å²) >= 11 is 0. The number of nitrogens with zero attached hydrogens (tertiary/aromatic N) is 1. The highest BCUT2D eigenvalue weighted by Crippen LogP contribution is 2.27. The van der Waals surface area contributed by atoms with Crippen molar-refractivity contribution in [1.29, 1.82) is 0 Å². The Morgan fingerprint density at radius 2 is 2.00 bits per heavy atom. The third-order valence-corrected chi connectivity index (χ3v) is 2.41. The van der Waals surface area contributed by atoms with Crippen LogP contribution in [0.25, 0.3) is 0 Å². The molecule has 0 aliphatic carbocycles. The lowest BCUT2D eigenvalue weighted by Gasteiger charge is -2.10. The molecule has 1 aromatic rings. The van der Waals surface area contributed by atoms with Gasteiger partial charge in [0.05, 0.1) is 5.69 Å². The van der Waals surface area contributed by atoms with E-state index in [1.54, 1.807) is 0 Å². The van der Waals surface area contributed by atoms with E-state index >= 15 is 0 Å². The van der Waals surface area contributed by atoms with Crippen molar-refractivity contribution in [2.45, 2.75) is 12.4 Å². The second kappa shape index (κ2) is 3.69. The van der Waals surface area contributed by atoms with E-state index in [0.29, 0.717) is 0 Å². The summed E-state index contributed by atoms with van der Waals surface area (Å²) in [5.41, 5.74) is -5.37. The van der Waals surface area contributed by atoms with E-state index in [1.165, 1.54) is 19.2 Å². The van der Waals surface area contributed by atoms with Crippen LogP contribution in [0.2, 0.25) is 0 Å². The Morgan fingerprint density at radius 1 is 1.40 bits per heavy atom. The molecule has 8 heteroatoms. The molecule has 0 spiro atoms. The number of alkyl halides is 3. The van der Waals surface area contributed by atoms with Crippen molar-refractivity contribution in [2.24, 2.45) is 0 Å². The van der Waals surface area contributed by atoms with E-state index in [0.717, 1.165) is 6.07 Å². The minimum atomic E-state index is -5.61. The van der Waals surface area contributed by atoms with Gasteiger partial charge in [-0.2, -0.15) is 21.6 Å². The first kappa shape index (κ1) is 11.8.